The molecular formula is C18H11Cl2N5O2. The van der Waals surface area contributed by atoms with Crippen LogP contribution in [0, 0.1) is 0 Å². The van der Waals surface area contributed by atoms with Crippen molar-refractivity contribution in [1.29, 1.82) is 0 Å². The fourth-order valence-electron chi connectivity index (χ4n) is 2.59. The zero-order valence-corrected chi connectivity index (χ0v) is 15.2. The Balaban J connectivity index is 1.69. The summed E-state index contributed by atoms with van der Waals surface area (Å²) in [6.45, 7) is -0.156. The largest absolute Gasteiger partial charge is 0.292 e. The van der Waals surface area contributed by atoms with Crippen molar-refractivity contribution in [2.75, 3.05) is 0 Å². The van der Waals surface area contributed by atoms with Crippen molar-refractivity contribution in [1.82, 2.24) is 24.5 Å². The molecule has 7 nitrogen and oxygen atoms in total. The van der Waals surface area contributed by atoms with Crippen LogP contribution in [-0.2, 0) is 6.54 Å². The van der Waals surface area contributed by atoms with Crippen LogP contribution in [0.25, 0.3) is 16.9 Å². The number of Topliss-reactive ketones (excluding diaryl/α,β-unsaturated/α-hetero) is 1. The summed E-state index contributed by atoms with van der Waals surface area (Å²) in [5.41, 5.74) is 1.07. The lowest BCUT2D eigenvalue weighted by molar-refractivity contribution is 0.0970. The molecule has 0 bridgehead atoms. The average molecular weight is 400 g/mol. The number of benzene rings is 2. The van der Waals surface area contributed by atoms with Crippen LogP contribution >= 0.6 is 23.2 Å². The van der Waals surface area contributed by atoms with Gasteiger partial charge in [-0.1, -0.05) is 28.4 Å². The number of ketones is 1. The van der Waals surface area contributed by atoms with E-state index in [-0.39, 0.29) is 17.8 Å². The Labute approximate surface area is 162 Å². The summed E-state index contributed by atoms with van der Waals surface area (Å²) in [5.74, 6) is -0.236. The molecule has 0 N–H and O–H groups in total. The maximum absolute atomic E-state index is 12.7. The fraction of sp³-hybridized carbons (Fsp3) is 0.0556. The van der Waals surface area contributed by atoms with Crippen LogP contribution in [0.3, 0.4) is 0 Å². The number of hydrogen-bond acceptors (Lipinski definition) is 5. The minimum atomic E-state index is -0.442. The third kappa shape index (κ3) is 3.34. The number of nitrogens with zero attached hydrogens (tertiary/aromatic N) is 5. The van der Waals surface area contributed by atoms with Gasteiger partial charge in [-0.25, -0.2) is 4.98 Å². The molecule has 0 saturated heterocycles. The van der Waals surface area contributed by atoms with Gasteiger partial charge in [-0.15, -0.1) is 5.10 Å². The van der Waals surface area contributed by atoms with Crippen LogP contribution in [0.5, 0.6) is 0 Å². The normalized spacial score (nSPS) is 11.0. The van der Waals surface area contributed by atoms with Crippen molar-refractivity contribution < 1.29 is 4.79 Å². The van der Waals surface area contributed by atoms with E-state index >= 15 is 0 Å². The topological polar surface area (TPSA) is 82.7 Å². The number of fused-ring (bicyclic) bond motifs is 1. The fourth-order valence-corrected chi connectivity index (χ4v) is 2.85. The van der Waals surface area contributed by atoms with E-state index in [1.807, 2.05) is 0 Å². The SMILES string of the molecule is O=C(Cn1cnc2c(nnn2-c2ccc(Cl)cc2)c1=O)c1ccc(Cl)cc1. The first-order valence-corrected chi connectivity index (χ1v) is 8.64. The molecule has 2 heterocycles. The van der Waals surface area contributed by atoms with Gasteiger partial charge in [0.1, 0.15) is 6.33 Å². The number of rotatable bonds is 4. The van der Waals surface area contributed by atoms with Crippen molar-refractivity contribution in [2.45, 2.75) is 6.54 Å². The first-order valence-electron chi connectivity index (χ1n) is 7.88. The smallest absolute Gasteiger partial charge is 0.283 e. The van der Waals surface area contributed by atoms with E-state index in [0.29, 0.717) is 26.9 Å². The Morgan fingerprint density at radius 2 is 1.59 bits per heavy atom. The predicted octanol–water partition coefficient (Wildman–Crippen LogP) is 3.17. The van der Waals surface area contributed by atoms with Crippen molar-refractivity contribution in [3.8, 4) is 5.69 Å². The molecule has 0 fully saturated rings. The van der Waals surface area contributed by atoms with E-state index in [9.17, 15) is 9.59 Å². The quantitative estimate of drug-likeness (QED) is 0.492. The predicted molar refractivity (Wildman–Crippen MR) is 102 cm³/mol. The standard InChI is InChI=1S/C18H11Cl2N5O2/c19-12-3-1-11(2-4-12)15(26)9-24-10-21-17-16(18(24)27)22-23-25(17)14-7-5-13(20)6-8-14/h1-8,10H,9H2. The molecule has 0 aliphatic carbocycles. The summed E-state index contributed by atoms with van der Waals surface area (Å²) >= 11 is 11.7. The molecule has 0 amide bonds. The molecule has 134 valence electrons. The molecule has 2 aromatic heterocycles. The van der Waals surface area contributed by atoms with E-state index in [0.717, 1.165) is 0 Å². The second-order valence-corrected chi connectivity index (χ2v) is 6.63. The van der Waals surface area contributed by atoms with Crippen molar-refractivity contribution >= 4 is 40.1 Å². The van der Waals surface area contributed by atoms with Gasteiger partial charge in [0.25, 0.3) is 5.56 Å². The van der Waals surface area contributed by atoms with Crippen molar-refractivity contribution in [2.24, 2.45) is 0 Å². The summed E-state index contributed by atoms with van der Waals surface area (Å²) in [6, 6.07) is 13.4. The highest BCUT2D eigenvalue weighted by Gasteiger charge is 2.15. The summed E-state index contributed by atoms with van der Waals surface area (Å²) in [7, 11) is 0. The van der Waals surface area contributed by atoms with Crippen LogP contribution in [0.1, 0.15) is 10.4 Å². The van der Waals surface area contributed by atoms with Gasteiger partial charge in [0.2, 0.25) is 0 Å². The van der Waals surface area contributed by atoms with Crippen LogP contribution in [-0.4, -0.2) is 30.3 Å². The third-order valence-electron chi connectivity index (χ3n) is 3.98. The van der Waals surface area contributed by atoms with Gasteiger partial charge in [0.05, 0.1) is 12.2 Å². The molecule has 4 rings (SSSR count). The van der Waals surface area contributed by atoms with Gasteiger partial charge >= 0.3 is 0 Å². The van der Waals surface area contributed by atoms with Gasteiger partial charge < -0.3 is 0 Å². The molecule has 9 heteroatoms. The Hall–Kier alpha value is -3.03. The Kier molecular flexibility index (Phi) is 4.47. The zero-order chi connectivity index (χ0) is 19.0. The number of halogens is 2. The summed E-state index contributed by atoms with van der Waals surface area (Å²) < 4.78 is 2.65. The Morgan fingerprint density at radius 1 is 0.963 bits per heavy atom. The van der Waals surface area contributed by atoms with Crippen LogP contribution in [0.4, 0.5) is 0 Å². The van der Waals surface area contributed by atoms with Crippen molar-refractivity contribution in [3.63, 3.8) is 0 Å². The number of hydrogen-bond donors (Lipinski definition) is 0. The molecule has 0 saturated carbocycles. The zero-order valence-electron chi connectivity index (χ0n) is 13.7. The van der Waals surface area contributed by atoms with Gasteiger partial charge in [0, 0.05) is 15.6 Å². The van der Waals surface area contributed by atoms with Crippen molar-refractivity contribution in [3.05, 3.63) is 80.8 Å². The molecule has 2 aromatic carbocycles. The van der Waals surface area contributed by atoms with Crippen LogP contribution in [0.15, 0.2) is 59.7 Å². The number of aromatic nitrogens is 5. The lowest BCUT2D eigenvalue weighted by Gasteiger charge is -2.05. The van der Waals surface area contributed by atoms with E-state index < -0.39 is 5.56 Å². The van der Waals surface area contributed by atoms with Crippen LogP contribution < -0.4 is 5.56 Å². The monoisotopic (exact) mass is 399 g/mol. The minimum absolute atomic E-state index is 0.0800. The van der Waals surface area contributed by atoms with E-state index in [2.05, 4.69) is 15.3 Å². The molecule has 0 unspecified atom stereocenters. The van der Waals surface area contributed by atoms with Gasteiger partial charge in [0.15, 0.2) is 16.9 Å². The van der Waals surface area contributed by atoms with E-state index in [1.165, 1.54) is 15.6 Å². The highest BCUT2D eigenvalue weighted by atomic mass is 35.5. The first kappa shape index (κ1) is 17.4. The molecule has 0 aliphatic heterocycles. The molecule has 4 aromatic rings. The lowest BCUT2D eigenvalue weighted by atomic mass is 10.1. The minimum Gasteiger partial charge on any atom is -0.292 e. The first-order chi connectivity index (χ1) is 13.0. The van der Waals surface area contributed by atoms with Gasteiger partial charge in [-0.2, -0.15) is 4.68 Å². The highest BCUT2D eigenvalue weighted by molar-refractivity contribution is 6.30. The number of carbonyl (C=O) groups excluding carboxylic acids is 1. The van der Waals surface area contributed by atoms with Gasteiger partial charge in [-0.05, 0) is 48.5 Å². The molecule has 27 heavy (non-hydrogen) atoms. The molecule has 0 radical (unpaired) electrons. The van der Waals surface area contributed by atoms with E-state index in [4.69, 9.17) is 23.2 Å². The number of carbonyl (C=O) groups is 1. The highest BCUT2D eigenvalue weighted by Crippen LogP contribution is 2.15. The maximum atomic E-state index is 12.7. The second kappa shape index (κ2) is 6.94. The van der Waals surface area contributed by atoms with E-state index in [1.54, 1.807) is 48.5 Å². The summed E-state index contributed by atoms with van der Waals surface area (Å²) in [5, 5.41) is 9.03. The molecule has 0 spiro atoms. The summed E-state index contributed by atoms with van der Waals surface area (Å²) in [4.78, 5) is 29.3. The van der Waals surface area contributed by atoms with Crippen LogP contribution in [0.2, 0.25) is 10.0 Å². The Morgan fingerprint density at radius 3 is 2.26 bits per heavy atom. The molecule has 0 atom stereocenters. The average Bonchev–Trinajstić information content (AvgIpc) is 3.10. The Bertz CT molecular complexity index is 1200. The molecular weight excluding hydrogens is 389 g/mol. The maximum Gasteiger partial charge on any atom is 0.283 e. The lowest BCUT2D eigenvalue weighted by Crippen LogP contribution is -2.25. The van der Waals surface area contributed by atoms with Gasteiger partial charge in [-0.3, -0.25) is 14.2 Å². The molecule has 0 aliphatic rings. The summed E-state index contributed by atoms with van der Waals surface area (Å²) in [6.07, 6.45) is 1.31. The third-order valence-corrected chi connectivity index (χ3v) is 4.48. The second-order valence-electron chi connectivity index (χ2n) is 5.76.